The number of carbonyl (C=O) groups excluding carboxylic acids is 1. The normalized spacial score (nSPS) is 10.9. The lowest BCUT2D eigenvalue weighted by Crippen LogP contribution is -2.27. The second-order valence-electron chi connectivity index (χ2n) is 4.98. The van der Waals surface area contributed by atoms with Crippen LogP contribution in [0, 0.1) is 0 Å². The Morgan fingerprint density at radius 2 is 2.05 bits per heavy atom. The molecule has 2 rings (SSSR count). The summed E-state index contributed by atoms with van der Waals surface area (Å²) in [6.45, 7) is 3.81. The Morgan fingerprint density at radius 1 is 1.33 bits per heavy atom. The molecule has 0 saturated carbocycles. The quantitative estimate of drug-likeness (QED) is 0.798. The van der Waals surface area contributed by atoms with Gasteiger partial charge < -0.3 is 4.74 Å². The highest BCUT2D eigenvalue weighted by Crippen LogP contribution is 2.25. The van der Waals surface area contributed by atoms with Crippen LogP contribution >= 0.6 is 11.6 Å². The molecule has 2 aromatic rings. The Hall–Kier alpha value is -2.01. The number of carbonyl (C=O) groups is 1. The average Bonchev–Trinajstić information content (AvgIpc) is 2.80. The van der Waals surface area contributed by atoms with Crippen LogP contribution in [0.25, 0.3) is 0 Å². The summed E-state index contributed by atoms with van der Waals surface area (Å²) in [5, 5.41) is 0.371. The van der Waals surface area contributed by atoms with Gasteiger partial charge in [-0.2, -0.15) is 0 Å². The molecule has 1 aromatic heterocycles. The van der Waals surface area contributed by atoms with Gasteiger partial charge in [-0.1, -0.05) is 11.6 Å². The molecule has 0 radical (unpaired) electrons. The van der Waals surface area contributed by atoms with Gasteiger partial charge in [-0.05, 0) is 32.0 Å². The molecule has 0 aliphatic rings. The molecule has 0 unspecified atom stereocenters. The SMILES string of the molecule is COc1ccc(C(=O)Cn2ccn(C(C)C)c2=O)cc1Cl. The van der Waals surface area contributed by atoms with Gasteiger partial charge in [-0.15, -0.1) is 0 Å². The second-order valence-corrected chi connectivity index (χ2v) is 5.39. The minimum absolute atomic E-state index is 0.0127. The van der Waals surface area contributed by atoms with Crippen LogP contribution in [0.4, 0.5) is 0 Å². The Bertz CT molecular complexity index is 716. The highest BCUT2D eigenvalue weighted by Gasteiger charge is 2.13. The van der Waals surface area contributed by atoms with Gasteiger partial charge in [0.05, 0.1) is 18.7 Å². The van der Waals surface area contributed by atoms with E-state index < -0.39 is 0 Å². The van der Waals surface area contributed by atoms with E-state index in [0.717, 1.165) is 0 Å². The van der Waals surface area contributed by atoms with Crippen LogP contribution in [0.2, 0.25) is 5.02 Å². The molecule has 0 N–H and O–H groups in total. The fourth-order valence-electron chi connectivity index (χ4n) is 2.03. The van der Waals surface area contributed by atoms with Crippen molar-refractivity contribution in [3.8, 4) is 5.75 Å². The smallest absolute Gasteiger partial charge is 0.328 e. The van der Waals surface area contributed by atoms with E-state index in [0.29, 0.717) is 16.3 Å². The zero-order valence-electron chi connectivity index (χ0n) is 12.2. The number of ether oxygens (including phenoxy) is 1. The average molecular weight is 309 g/mol. The van der Waals surface area contributed by atoms with E-state index in [-0.39, 0.29) is 24.1 Å². The lowest BCUT2D eigenvalue weighted by atomic mass is 10.1. The van der Waals surface area contributed by atoms with Gasteiger partial charge in [0, 0.05) is 24.0 Å². The molecule has 0 fully saturated rings. The minimum Gasteiger partial charge on any atom is -0.495 e. The van der Waals surface area contributed by atoms with Crippen LogP contribution in [0.3, 0.4) is 0 Å². The van der Waals surface area contributed by atoms with Crippen molar-refractivity contribution < 1.29 is 9.53 Å². The van der Waals surface area contributed by atoms with Gasteiger partial charge in [0.2, 0.25) is 0 Å². The number of benzene rings is 1. The Morgan fingerprint density at radius 3 is 2.57 bits per heavy atom. The molecule has 0 amide bonds. The summed E-state index contributed by atoms with van der Waals surface area (Å²) in [4.78, 5) is 24.3. The number of halogens is 1. The number of aromatic nitrogens is 2. The highest BCUT2D eigenvalue weighted by atomic mass is 35.5. The molecule has 6 heteroatoms. The number of methoxy groups -OCH3 is 1. The number of nitrogens with zero attached hydrogens (tertiary/aromatic N) is 2. The van der Waals surface area contributed by atoms with Crippen LogP contribution < -0.4 is 10.4 Å². The molecule has 0 aliphatic carbocycles. The summed E-state index contributed by atoms with van der Waals surface area (Å²) in [5.41, 5.74) is 0.253. The van der Waals surface area contributed by atoms with E-state index in [1.807, 2.05) is 13.8 Å². The Kier molecular flexibility index (Phi) is 4.53. The molecule has 112 valence electrons. The zero-order valence-corrected chi connectivity index (χ0v) is 12.9. The van der Waals surface area contributed by atoms with Crippen molar-refractivity contribution in [2.24, 2.45) is 0 Å². The van der Waals surface area contributed by atoms with Gasteiger partial charge in [-0.3, -0.25) is 13.9 Å². The third-order valence-electron chi connectivity index (χ3n) is 3.22. The summed E-state index contributed by atoms with van der Waals surface area (Å²) >= 11 is 6.00. The second kappa shape index (κ2) is 6.18. The van der Waals surface area contributed by atoms with Crippen molar-refractivity contribution in [2.45, 2.75) is 26.4 Å². The highest BCUT2D eigenvalue weighted by molar-refractivity contribution is 6.32. The van der Waals surface area contributed by atoms with E-state index in [2.05, 4.69) is 0 Å². The van der Waals surface area contributed by atoms with Crippen molar-refractivity contribution in [3.63, 3.8) is 0 Å². The molecule has 0 atom stereocenters. The van der Waals surface area contributed by atoms with Crippen molar-refractivity contribution >= 4 is 17.4 Å². The van der Waals surface area contributed by atoms with Gasteiger partial charge >= 0.3 is 5.69 Å². The molecule has 0 spiro atoms. The lowest BCUT2D eigenvalue weighted by molar-refractivity contribution is 0.0970. The third-order valence-corrected chi connectivity index (χ3v) is 3.51. The number of ketones is 1. The van der Waals surface area contributed by atoms with E-state index >= 15 is 0 Å². The topological polar surface area (TPSA) is 53.2 Å². The van der Waals surface area contributed by atoms with E-state index in [4.69, 9.17) is 16.3 Å². The van der Waals surface area contributed by atoms with E-state index in [1.165, 1.54) is 11.7 Å². The van der Waals surface area contributed by atoms with Gasteiger partial charge in [0.1, 0.15) is 5.75 Å². The van der Waals surface area contributed by atoms with Crippen molar-refractivity contribution in [3.05, 3.63) is 51.7 Å². The van der Waals surface area contributed by atoms with Crippen LogP contribution in [0.5, 0.6) is 5.75 Å². The maximum atomic E-state index is 12.2. The Balaban J connectivity index is 2.22. The predicted molar refractivity (Wildman–Crippen MR) is 81.4 cm³/mol. The standard InChI is InChI=1S/C15H17ClN2O3/c1-10(2)18-7-6-17(15(18)20)9-13(19)11-4-5-14(21-3)12(16)8-11/h4-8,10H,9H2,1-3H3. The van der Waals surface area contributed by atoms with Crippen LogP contribution in [-0.4, -0.2) is 22.0 Å². The van der Waals surface area contributed by atoms with Crippen LogP contribution in [0.1, 0.15) is 30.2 Å². The van der Waals surface area contributed by atoms with Gasteiger partial charge in [-0.25, -0.2) is 4.79 Å². The first-order chi connectivity index (χ1) is 9.93. The zero-order chi connectivity index (χ0) is 15.6. The summed E-state index contributed by atoms with van der Waals surface area (Å²) < 4.78 is 8.01. The van der Waals surface area contributed by atoms with Crippen molar-refractivity contribution in [2.75, 3.05) is 7.11 Å². The molecule has 1 heterocycles. The van der Waals surface area contributed by atoms with Crippen molar-refractivity contribution in [1.29, 1.82) is 0 Å². The number of rotatable bonds is 5. The largest absolute Gasteiger partial charge is 0.495 e. The first-order valence-electron chi connectivity index (χ1n) is 6.58. The molecular formula is C15H17ClN2O3. The minimum atomic E-state index is -0.196. The first kappa shape index (κ1) is 15.4. The maximum Gasteiger partial charge on any atom is 0.328 e. The number of imidazole rings is 1. The molecule has 0 saturated heterocycles. The molecule has 5 nitrogen and oxygen atoms in total. The number of hydrogen-bond acceptors (Lipinski definition) is 3. The molecule has 0 bridgehead atoms. The van der Waals surface area contributed by atoms with Gasteiger partial charge in [0.15, 0.2) is 5.78 Å². The molecule has 1 aromatic carbocycles. The molecule has 0 aliphatic heterocycles. The Labute approximate surface area is 127 Å². The maximum absolute atomic E-state index is 12.2. The summed E-state index contributed by atoms with van der Waals surface area (Å²) in [6.07, 6.45) is 3.30. The fourth-order valence-corrected chi connectivity index (χ4v) is 2.29. The van der Waals surface area contributed by atoms with Crippen molar-refractivity contribution in [1.82, 2.24) is 9.13 Å². The van der Waals surface area contributed by atoms with E-state index in [1.54, 1.807) is 35.2 Å². The fraction of sp³-hybridized carbons (Fsp3) is 0.333. The summed E-state index contributed by atoms with van der Waals surface area (Å²) in [5.74, 6) is 0.333. The van der Waals surface area contributed by atoms with E-state index in [9.17, 15) is 9.59 Å². The summed E-state index contributed by atoms with van der Waals surface area (Å²) in [6, 6.07) is 4.88. The lowest BCUT2D eigenvalue weighted by Gasteiger charge is -2.06. The molecular weight excluding hydrogens is 292 g/mol. The van der Waals surface area contributed by atoms with Crippen LogP contribution in [0.15, 0.2) is 35.4 Å². The third kappa shape index (κ3) is 3.19. The first-order valence-corrected chi connectivity index (χ1v) is 6.96. The summed E-state index contributed by atoms with van der Waals surface area (Å²) in [7, 11) is 1.51. The number of Topliss-reactive ketones (excluding diaryl/α,β-unsaturated/α-hetero) is 1. The van der Waals surface area contributed by atoms with Gasteiger partial charge in [0.25, 0.3) is 0 Å². The monoisotopic (exact) mass is 308 g/mol. The number of hydrogen-bond donors (Lipinski definition) is 0. The predicted octanol–water partition coefficient (Wildman–Crippen LogP) is 2.78. The molecule has 21 heavy (non-hydrogen) atoms. The van der Waals surface area contributed by atoms with Crippen LogP contribution in [-0.2, 0) is 6.54 Å².